The van der Waals surface area contributed by atoms with Gasteiger partial charge in [0.25, 0.3) is 0 Å². The average molecular weight is 496 g/mol. The monoisotopic (exact) mass is 495 g/mol. The predicted molar refractivity (Wildman–Crippen MR) is 156 cm³/mol. The van der Waals surface area contributed by atoms with E-state index in [1.54, 1.807) is 0 Å². The zero-order chi connectivity index (χ0) is 25.9. The SMILES string of the molecule is C=C(/C=c1/c(-c2cc3c(C4=CCC=C4)nccc3[nH]2)n[nH]/c1=C/C)c1cncc(CCc2ccccc2)c1. The van der Waals surface area contributed by atoms with E-state index in [1.165, 1.54) is 11.1 Å². The predicted octanol–water partition coefficient (Wildman–Crippen LogP) is 5.77. The quantitative estimate of drug-likeness (QED) is 0.301. The molecule has 0 aliphatic heterocycles. The fraction of sp³-hybridized carbons (Fsp3) is 0.121. The molecular formula is C33H29N5. The van der Waals surface area contributed by atoms with Gasteiger partial charge in [-0.15, -0.1) is 0 Å². The molecule has 1 aromatic carbocycles. The van der Waals surface area contributed by atoms with E-state index in [1.807, 2.05) is 43.7 Å². The molecular weight excluding hydrogens is 466 g/mol. The molecule has 0 unspecified atom stereocenters. The lowest BCUT2D eigenvalue weighted by atomic mass is 10.0. The van der Waals surface area contributed by atoms with Gasteiger partial charge in [-0.1, -0.05) is 61.2 Å². The van der Waals surface area contributed by atoms with E-state index in [2.05, 4.69) is 92.4 Å². The standard InChI is InChI=1S/C33H29N5/c1-3-29-27(17-22(2)26-18-24(20-34-21-26)14-13-23-9-5-4-6-10-23)33(38-37-29)31-19-28-30(36-31)15-16-35-32(28)25-11-7-8-12-25/h3-7,9-12,15-21,36-37H,2,8,13-14H2,1H3/b27-17+,29-3+. The summed E-state index contributed by atoms with van der Waals surface area (Å²) in [5.41, 5.74) is 9.40. The first kappa shape index (κ1) is 23.6. The van der Waals surface area contributed by atoms with E-state index in [9.17, 15) is 0 Å². The highest BCUT2D eigenvalue weighted by Gasteiger charge is 2.14. The van der Waals surface area contributed by atoms with Gasteiger partial charge in [0.1, 0.15) is 5.69 Å². The number of aryl methyl sites for hydroxylation is 2. The van der Waals surface area contributed by atoms with Crippen LogP contribution in [0.4, 0.5) is 0 Å². The number of hydrogen-bond donors (Lipinski definition) is 2. The summed E-state index contributed by atoms with van der Waals surface area (Å²) in [6.45, 7) is 6.40. The van der Waals surface area contributed by atoms with Crippen LogP contribution < -0.4 is 10.6 Å². The van der Waals surface area contributed by atoms with Crippen LogP contribution in [0.25, 0.3) is 45.6 Å². The first-order valence-electron chi connectivity index (χ1n) is 12.9. The van der Waals surface area contributed by atoms with Crippen molar-refractivity contribution in [3.8, 4) is 11.4 Å². The van der Waals surface area contributed by atoms with Crippen LogP contribution in [0, 0.1) is 0 Å². The highest BCUT2D eigenvalue weighted by Crippen LogP contribution is 2.29. The first-order valence-corrected chi connectivity index (χ1v) is 12.9. The molecule has 5 nitrogen and oxygen atoms in total. The van der Waals surface area contributed by atoms with Gasteiger partial charge in [0, 0.05) is 34.7 Å². The number of rotatable bonds is 7. The third-order valence-corrected chi connectivity index (χ3v) is 7.00. The average Bonchev–Trinajstić information content (AvgIpc) is 3.72. The summed E-state index contributed by atoms with van der Waals surface area (Å²) >= 11 is 0. The molecule has 1 aliphatic rings. The Kier molecular flexibility index (Phi) is 6.40. The number of nitrogens with one attached hydrogen (secondary N) is 2. The minimum atomic E-state index is 0.852. The number of pyridine rings is 2. The van der Waals surface area contributed by atoms with Crippen LogP contribution in [0.2, 0.25) is 0 Å². The van der Waals surface area contributed by atoms with Gasteiger partial charge < -0.3 is 4.98 Å². The van der Waals surface area contributed by atoms with Crippen LogP contribution in [-0.2, 0) is 12.8 Å². The van der Waals surface area contributed by atoms with Crippen molar-refractivity contribution in [2.75, 3.05) is 0 Å². The second-order valence-electron chi connectivity index (χ2n) is 9.53. The van der Waals surface area contributed by atoms with E-state index in [4.69, 9.17) is 0 Å². The van der Waals surface area contributed by atoms with E-state index < -0.39 is 0 Å². The van der Waals surface area contributed by atoms with Crippen molar-refractivity contribution in [2.24, 2.45) is 0 Å². The Bertz CT molecular complexity index is 1820. The summed E-state index contributed by atoms with van der Waals surface area (Å²) < 4.78 is 0. The summed E-state index contributed by atoms with van der Waals surface area (Å²) in [7, 11) is 0. The lowest BCUT2D eigenvalue weighted by Gasteiger charge is -2.05. The fourth-order valence-electron chi connectivity index (χ4n) is 4.97. The molecule has 2 N–H and O–H groups in total. The van der Waals surface area contributed by atoms with Gasteiger partial charge >= 0.3 is 0 Å². The highest BCUT2D eigenvalue weighted by molar-refractivity contribution is 5.96. The maximum absolute atomic E-state index is 4.68. The number of aromatic amines is 2. The molecule has 4 heterocycles. The van der Waals surface area contributed by atoms with Crippen LogP contribution in [0.15, 0.2) is 91.9 Å². The molecule has 0 fully saturated rings. The number of H-pyrrole nitrogens is 2. The molecule has 5 aromatic rings. The third-order valence-electron chi connectivity index (χ3n) is 7.00. The van der Waals surface area contributed by atoms with E-state index in [-0.39, 0.29) is 0 Å². The Morgan fingerprint density at radius 3 is 2.71 bits per heavy atom. The van der Waals surface area contributed by atoms with Gasteiger partial charge in [0.15, 0.2) is 0 Å². The summed E-state index contributed by atoms with van der Waals surface area (Å²) in [6.07, 6.45) is 19.2. The van der Waals surface area contributed by atoms with E-state index >= 15 is 0 Å². The molecule has 4 aromatic heterocycles. The number of nitrogens with zero attached hydrogens (tertiary/aromatic N) is 3. The summed E-state index contributed by atoms with van der Waals surface area (Å²) in [6, 6.07) is 16.9. The maximum Gasteiger partial charge on any atom is 0.116 e. The van der Waals surface area contributed by atoms with Crippen molar-refractivity contribution in [3.63, 3.8) is 0 Å². The molecule has 0 saturated carbocycles. The molecule has 0 spiro atoms. The van der Waals surface area contributed by atoms with E-state index in [0.29, 0.717) is 0 Å². The highest BCUT2D eigenvalue weighted by atomic mass is 15.1. The minimum Gasteiger partial charge on any atom is -0.353 e. The van der Waals surface area contributed by atoms with E-state index in [0.717, 1.165) is 74.5 Å². The van der Waals surface area contributed by atoms with Gasteiger partial charge in [0.2, 0.25) is 0 Å². The third kappa shape index (κ3) is 4.66. The lowest BCUT2D eigenvalue weighted by molar-refractivity contribution is 0.949. The fourth-order valence-corrected chi connectivity index (χ4v) is 4.97. The summed E-state index contributed by atoms with van der Waals surface area (Å²) in [5.74, 6) is 0. The Balaban J connectivity index is 1.35. The van der Waals surface area contributed by atoms with Crippen LogP contribution in [0.1, 0.15) is 35.7 Å². The lowest BCUT2D eigenvalue weighted by Crippen LogP contribution is -2.23. The van der Waals surface area contributed by atoms with Gasteiger partial charge in [0.05, 0.1) is 16.7 Å². The largest absolute Gasteiger partial charge is 0.353 e. The molecule has 0 bridgehead atoms. The van der Waals surface area contributed by atoms with Crippen molar-refractivity contribution >= 4 is 34.2 Å². The Labute approximate surface area is 221 Å². The zero-order valence-electron chi connectivity index (χ0n) is 21.4. The molecule has 0 radical (unpaired) electrons. The van der Waals surface area contributed by atoms with Gasteiger partial charge in [-0.05, 0) is 78.3 Å². The maximum atomic E-state index is 4.68. The van der Waals surface area contributed by atoms with Crippen LogP contribution in [0.5, 0.6) is 0 Å². The van der Waals surface area contributed by atoms with Gasteiger partial charge in [-0.25, -0.2) is 0 Å². The topological polar surface area (TPSA) is 70.2 Å². The zero-order valence-corrected chi connectivity index (χ0v) is 21.4. The Hall–Kier alpha value is -4.77. The van der Waals surface area contributed by atoms with Crippen molar-refractivity contribution < 1.29 is 0 Å². The first-order chi connectivity index (χ1) is 18.7. The van der Waals surface area contributed by atoms with Crippen molar-refractivity contribution in [2.45, 2.75) is 26.2 Å². The van der Waals surface area contributed by atoms with Gasteiger partial charge in [-0.3, -0.25) is 15.1 Å². The molecule has 0 atom stereocenters. The molecule has 5 heteroatoms. The molecule has 0 amide bonds. The molecule has 6 rings (SSSR count). The number of allylic oxidation sites excluding steroid dienone is 5. The number of benzene rings is 1. The van der Waals surface area contributed by atoms with Crippen LogP contribution in [0.3, 0.4) is 0 Å². The normalized spacial score (nSPS) is 14.0. The van der Waals surface area contributed by atoms with Crippen molar-refractivity contribution in [1.82, 2.24) is 25.1 Å². The van der Waals surface area contributed by atoms with Gasteiger partial charge in [-0.2, -0.15) is 5.10 Å². The number of fused-ring (bicyclic) bond motifs is 1. The van der Waals surface area contributed by atoms with Crippen LogP contribution in [-0.4, -0.2) is 25.1 Å². The summed E-state index contributed by atoms with van der Waals surface area (Å²) in [5, 5.41) is 10.9. The minimum absolute atomic E-state index is 0.852. The van der Waals surface area contributed by atoms with Crippen molar-refractivity contribution in [1.29, 1.82) is 0 Å². The summed E-state index contributed by atoms with van der Waals surface area (Å²) in [4.78, 5) is 12.7. The van der Waals surface area contributed by atoms with Crippen molar-refractivity contribution in [3.05, 3.63) is 125 Å². The Morgan fingerprint density at radius 1 is 1.03 bits per heavy atom. The molecule has 0 saturated heterocycles. The molecule has 38 heavy (non-hydrogen) atoms. The van der Waals surface area contributed by atoms with Crippen LogP contribution >= 0.6 is 0 Å². The second kappa shape index (κ2) is 10.3. The second-order valence-corrected chi connectivity index (χ2v) is 9.53. The molecule has 186 valence electrons. The Morgan fingerprint density at radius 2 is 1.89 bits per heavy atom. The number of aromatic nitrogens is 5. The smallest absolute Gasteiger partial charge is 0.116 e. The number of hydrogen-bond acceptors (Lipinski definition) is 3. The molecule has 1 aliphatic carbocycles.